The average molecular weight is 1340 g/mol. The third-order valence-electron chi connectivity index (χ3n) is 16.8. The van der Waals surface area contributed by atoms with Crippen molar-refractivity contribution in [3.8, 4) is 57.1 Å². The van der Waals surface area contributed by atoms with E-state index in [1.165, 1.54) is 13.8 Å². The highest BCUT2D eigenvalue weighted by molar-refractivity contribution is 6.03. The molecule has 0 amide bonds. The van der Waals surface area contributed by atoms with Crippen LogP contribution in [0.5, 0.6) is 12.0 Å². The molecule has 2 aliphatic rings. The van der Waals surface area contributed by atoms with Gasteiger partial charge in [-0.15, -0.1) is 15.3 Å². The second-order valence-electron chi connectivity index (χ2n) is 23.5. The number of para-hydroxylation sites is 2. The fourth-order valence-electron chi connectivity index (χ4n) is 12.2. The number of nitrogens with one attached hydrogen (secondary N) is 1. The van der Waals surface area contributed by atoms with Gasteiger partial charge in [-0.3, -0.25) is 9.13 Å². The molecule has 13 rings (SSSR count). The van der Waals surface area contributed by atoms with Crippen molar-refractivity contribution in [1.29, 1.82) is 0 Å². The van der Waals surface area contributed by atoms with Gasteiger partial charge in [-0.1, -0.05) is 166 Å². The monoisotopic (exact) mass is 1340 g/mol. The Labute approximate surface area is 572 Å². The van der Waals surface area contributed by atoms with Crippen LogP contribution >= 0.6 is 0 Å². The Hall–Kier alpha value is -11.3. The number of esters is 2. The molecular formula is C75H80N12O12. The van der Waals surface area contributed by atoms with Gasteiger partial charge in [-0.25, -0.2) is 23.9 Å². The molecule has 24 heteroatoms. The largest absolute Gasteiger partial charge is 0.511 e. The molecule has 1 N–H and O–H groups in total. The van der Waals surface area contributed by atoms with E-state index in [0.29, 0.717) is 78.6 Å². The maximum absolute atomic E-state index is 13.5. The van der Waals surface area contributed by atoms with E-state index in [1.54, 1.807) is 28.9 Å². The van der Waals surface area contributed by atoms with Crippen LogP contribution in [-0.4, -0.2) is 122 Å². The van der Waals surface area contributed by atoms with Gasteiger partial charge in [0, 0.05) is 25.0 Å². The fourth-order valence-corrected chi connectivity index (χ4v) is 12.2. The molecule has 2 atom stereocenters. The van der Waals surface area contributed by atoms with E-state index >= 15 is 0 Å². The summed E-state index contributed by atoms with van der Waals surface area (Å²) in [7, 11) is 0. The van der Waals surface area contributed by atoms with E-state index in [2.05, 4.69) is 64.3 Å². The van der Waals surface area contributed by atoms with E-state index in [9.17, 15) is 19.2 Å². The lowest BCUT2D eigenvalue weighted by Crippen LogP contribution is -2.26. The highest BCUT2D eigenvalue weighted by Gasteiger charge is 2.28. The molecule has 0 radical (unpaired) electrons. The normalized spacial score (nSPS) is 13.8. The number of aromatic amines is 1. The van der Waals surface area contributed by atoms with Crippen LogP contribution in [0.4, 0.5) is 9.59 Å². The summed E-state index contributed by atoms with van der Waals surface area (Å²) in [5, 5.41) is 27.1. The lowest BCUT2D eigenvalue weighted by molar-refractivity contribution is -0.0929. The Kier molecular flexibility index (Phi) is 23.4. The summed E-state index contributed by atoms with van der Waals surface area (Å²) in [5.41, 5.74) is 11.5. The average Bonchev–Trinajstić information content (AvgIpc) is 1.63. The molecule has 0 bridgehead atoms. The van der Waals surface area contributed by atoms with Crippen molar-refractivity contribution in [2.24, 2.45) is 0 Å². The van der Waals surface area contributed by atoms with Crippen molar-refractivity contribution in [1.82, 2.24) is 59.9 Å². The Morgan fingerprint density at radius 2 is 0.929 bits per heavy atom. The minimum absolute atomic E-state index is 0.163. The highest BCUT2D eigenvalue weighted by atomic mass is 16.8. The topological polar surface area (TPSA) is 276 Å². The zero-order valence-corrected chi connectivity index (χ0v) is 56.3. The van der Waals surface area contributed by atoms with E-state index in [-0.39, 0.29) is 23.3 Å². The number of hydrogen-bond donors (Lipinski definition) is 1. The SMILES string of the molecule is CC.CCOc1nc2cccc(C(=O)OC(C)OC(=O)OC3CCCCC3)c2n1Cc1ccc(-c2ccccc2-c2nn[nH]n2)cc1.CCOc1nc2cccc(C(=O)OC(C)OC(=O)OC3CCCCC3)c2n1Cc1ccc(-c2ccccc2-c2nnnn2Cc2ccccc2)cc1. The number of fused-ring (bicyclic) bond motifs is 2. The van der Waals surface area contributed by atoms with Crippen molar-refractivity contribution in [2.45, 2.75) is 150 Å². The minimum atomic E-state index is -1.15. The number of rotatable bonds is 22. The zero-order valence-electron chi connectivity index (χ0n) is 56.3. The van der Waals surface area contributed by atoms with Crippen LogP contribution < -0.4 is 9.47 Å². The summed E-state index contributed by atoms with van der Waals surface area (Å²) < 4.78 is 49.8. The quantitative estimate of drug-likeness (QED) is 0.0375. The van der Waals surface area contributed by atoms with Gasteiger partial charge in [-0.05, 0) is 144 Å². The first kappa shape index (κ1) is 69.1. The summed E-state index contributed by atoms with van der Waals surface area (Å²) in [6.45, 7) is 12.8. The molecule has 4 heterocycles. The van der Waals surface area contributed by atoms with Crippen LogP contribution in [-0.2, 0) is 48.1 Å². The molecule has 99 heavy (non-hydrogen) atoms. The second-order valence-corrected chi connectivity index (χ2v) is 23.5. The summed E-state index contributed by atoms with van der Waals surface area (Å²) in [4.78, 5) is 60.9. The van der Waals surface area contributed by atoms with Crippen LogP contribution in [0.2, 0.25) is 0 Å². The lowest BCUT2D eigenvalue weighted by Gasteiger charge is -2.22. The van der Waals surface area contributed by atoms with Crippen LogP contribution in [0.15, 0.2) is 164 Å². The summed E-state index contributed by atoms with van der Waals surface area (Å²) >= 11 is 0. The van der Waals surface area contributed by atoms with E-state index in [4.69, 9.17) is 37.9 Å². The smallest absolute Gasteiger partial charge is 0.465 e. The maximum atomic E-state index is 13.5. The number of nitrogens with zero attached hydrogens (tertiary/aromatic N) is 11. The third-order valence-corrected chi connectivity index (χ3v) is 16.8. The van der Waals surface area contributed by atoms with Gasteiger partial charge in [0.25, 0.3) is 12.0 Å². The van der Waals surface area contributed by atoms with Crippen LogP contribution in [0.3, 0.4) is 0 Å². The number of H-pyrrole nitrogens is 1. The Balaban J connectivity index is 0.000000197. The molecule has 7 aromatic carbocycles. The number of benzene rings is 7. The summed E-state index contributed by atoms with van der Waals surface area (Å²) in [6, 6.07) is 53.4. The first-order valence-corrected chi connectivity index (χ1v) is 33.8. The highest BCUT2D eigenvalue weighted by Crippen LogP contribution is 2.35. The number of aromatic nitrogens is 12. The molecule has 0 saturated heterocycles. The van der Waals surface area contributed by atoms with Crippen LogP contribution in [0, 0.1) is 0 Å². The van der Waals surface area contributed by atoms with Gasteiger partial charge in [-0.2, -0.15) is 15.2 Å². The van der Waals surface area contributed by atoms with Crippen molar-refractivity contribution in [3.63, 3.8) is 0 Å². The summed E-state index contributed by atoms with van der Waals surface area (Å²) in [6.07, 6.45) is 5.27. The van der Waals surface area contributed by atoms with Gasteiger partial charge in [0.15, 0.2) is 5.82 Å². The van der Waals surface area contributed by atoms with Crippen molar-refractivity contribution in [3.05, 3.63) is 192 Å². The molecule has 2 fully saturated rings. The first-order chi connectivity index (χ1) is 48.5. The van der Waals surface area contributed by atoms with Gasteiger partial charge >= 0.3 is 24.2 Å². The molecule has 11 aromatic rings. The third kappa shape index (κ3) is 17.3. The Morgan fingerprint density at radius 1 is 0.485 bits per heavy atom. The number of imidazole rings is 2. The zero-order chi connectivity index (χ0) is 69.0. The number of ether oxygens (including phenoxy) is 8. The number of tetrazole rings is 2. The molecule has 0 spiro atoms. The predicted octanol–water partition coefficient (Wildman–Crippen LogP) is 15.2. The predicted molar refractivity (Wildman–Crippen MR) is 369 cm³/mol. The number of hydrogen-bond acceptors (Lipinski definition) is 20. The summed E-state index contributed by atoms with van der Waals surface area (Å²) in [5.74, 6) is -0.123. The van der Waals surface area contributed by atoms with Crippen LogP contribution in [0.25, 0.3) is 67.1 Å². The van der Waals surface area contributed by atoms with Crippen molar-refractivity contribution < 1.29 is 57.1 Å². The lowest BCUT2D eigenvalue weighted by atomic mass is 9.98. The van der Waals surface area contributed by atoms with Gasteiger partial charge < -0.3 is 37.9 Å². The van der Waals surface area contributed by atoms with Gasteiger partial charge in [0.2, 0.25) is 18.4 Å². The van der Waals surface area contributed by atoms with Crippen molar-refractivity contribution in [2.75, 3.05) is 13.2 Å². The Morgan fingerprint density at radius 3 is 1.39 bits per heavy atom. The molecule has 0 aliphatic heterocycles. The molecular weight excluding hydrogens is 1260 g/mol. The fraction of sp³-hybridized carbons (Fsp3) is 0.333. The molecule has 2 unspecified atom stereocenters. The second kappa shape index (κ2) is 33.6. The number of carbonyl (C=O) groups excluding carboxylic acids is 4. The Bertz CT molecular complexity index is 4470. The molecule has 24 nitrogen and oxygen atoms in total. The molecule has 4 aromatic heterocycles. The van der Waals surface area contributed by atoms with Gasteiger partial charge in [0.1, 0.15) is 12.2 Å². The first-order valence-electron chi connectivity index (χ1n) is 33.8. The molecule has 512 valence electrons. The van der Waals surface area contributed by atoms with Crippen LogP contribution in [0.1, 0.15) is 143 Å². The van der Waals surface area contributed by atoms with E-state index < -0.39 is 36.8 Å². The van der Waals surface area contributed by atoms with E-state index in [0.717, 1.165) is 114 Å². The number of carbonyl (C=O) groups is 4. The van der Waals surface area contributed by atoms with Gasteiger partial charge in [0.05, 0.1) is 66.0 Å². The van der Waals surface area contributed by atoms with Crippen molar-refractivity contribution >= 4 is 46.3 Å². The minimum Gasteiger partial charge on any atom is -0.465 e. The maximum Gasteiger partial charge on any atom is 0.511 e. The standard InChI is InChI=1S/C40H40N6O6.C33H34N6O6.C2H6/c1-3-49-39-41-35-20-12-19-34(38(47)50-27(2)51-40(48)52-31-15-8-5-9-16-31)36(35)45(39)25-29-21-23-30(24-22-29)32-17-10-11-18-33(32)37-42-43-44-46(37)26-28-13-6-4-7-14-28;1-3-42-32-34-28-15-9-14-27(31(40)43-21(2)44-33(41)45-24-10-5-4-6-11-24)29(28)39(32)20-22-16-18-23(19-17-22)25-12-7-8-13-26(25)30-35-37-38-36-30;1-2/h4,6-7,10-14,17-24,27,31H,3,5,8-9,15-16,25-26H2,1-2H3;7-9,12-19,21,24H,3-6,10-11,20H2,1-2H3,(H,35,36,37,38);1-2H3. The molecule has 2 aliphatic carbocycles. The molecule has 2 saturated carbocycles. The van der Waals surface area contributed by atoms with E-state index in [1.807, 2.05) is 158 Å².